The van der Waals surface area contributed by atoms with Crippen LogP contribution in [0.2, 0.25) is 0 Å². The van der Waals surface area contributed by atoms with Crippen LogP contribution in [0.5, 0.6) is 0 Å². The molecule has 20 heavy (non-hydrogen) atoms. The minimum absolute atomic E-state index is 0.251. The molecule has 0 spiro atoms. The molecule has 0 saturated carbocycles. The quantitative estimate of drug-likeness (QED) is 0.798. The molecule has 1 aromatic heterocycles. The van der Waals surface area contributed by atoms with Crippen molar-refractivity contribution in [3.63, 3.8) is 0 Å². The summed E-state index contributed by atoms with van der Waals surface area (Å²) in [6.07, 6.45) is 5.57. The largest absolute Gasteiger partial charge is 0.461 e. The first-order chi connectivity index (χ1) is 9.78. The molecule has 3 nitrogen and oxygen atoms in total. The number of aryl methyl sites for hydroxylation is 2. The van der Waals surface area contributed by atoms with E-state index in [0.29, 0.717) is 18.8 Å². The molecule has 0 bridgehead atoms. The van der Waals surface area contributed by atoms with Gasteiger partial charge in [0.25, 0.3) is 0 Å². The number of fused-ring (bicyclic) bond motifs is 1. The number of hydrogen-bond acceptors (Lipinski definition) is 2. The van der Waals surface area contributed by atoms with Gasteiger partial charge in [-0.15, -0.1) is 0 Å². The van der Waals surface area contributed by atoms with Crippen molar-refractivity contribution >= 4 is 5.97 Å². The van der Waals surface area contributed by atoms with Gasteiger partial charge in [-0.1, -0.05) is 18.2 Å². The zero-order chi connectivity index (χ0) is 13.9. The van der Waals surface area contributed by atoms with E-state index in [2.05, 4.69) is 18.2 Å². The normalized spacial score (nSPS) is 13.2. The zero-order valence-electron chi connectivity index (χ0n) is 11.8. The maximum atomic E-state index is 11.9. The first-order valence-electron chi connectivity index (χ1n) is 7.21. The highest BCUT2D eigenvalue weighted by Crippen LogP contribution is 2.23. The molecule has 1 aromatic carbocycles. The molecule has 0 fully saturated rings. The van der Waals surface area contributed by atoms with Crippen LogP contribution in [0, 0.1) is 0 Å². The fraction of sp³-hybridized carbons (Fsp3) is 0.353. The first kappa shape index (κ1) is 13.0. The first-order valence-corrected chi connectivity index (χ1v) is 7.21. The van der Waals surface area contributed by atoms with Crippen molar-refractivity contribution in [1.82, 2.24) is 4.57 Å². The minimum atomic E-state index is -0.251. The molecule has 3 rings (SSSR count). The van der Waals surface area contributed by atoms with Gasteiger partial charge in [-0.25, -0.2) is 4.79 Å². The lowest BCUT2D eigenvalue weighted by molar-refractivity contribution is 0.0514. The van der Waals surface area contributed by atoms with Crippen molar-refractivity contribution < 1.29 is 9.53 Å². The zero-order valence-corrected chi connectivity index (χ0v) is 11.8. The smallest absolute Gasteiger partial charge is 0.354 e. The van der Waals surface area contributed by atoms with E-state index in [1.807, 2.05) is 29.8 Å². The number of hydrogen-bond donors (Lipinski definition) is 0. The number of ether oxygens (including phenoxy) is 1. The average molecular weight is 269 g/mol. The van der Waals surface area contributed by atoms with Crippen molar-refractivity contribution in [2.45, 2.75) is 32.7 Å². The van der Waals surface area contributed by atoms with Crippen LogP contribution in [-0.4, -0.2) is 17.1 Å². The summed E-state index contributed by atoms with van der Waals surface area (Å²) >= 11 is 0. The Morgan fingerprint density at radius 1 is 1.25 bits per heavy atom. The van der Waals surface area contributed by atoms with Gasteiger partial charge >= 0.3 is 5.97 Å². The second-order valence-electron chi connectivity index (χ2n) is 5.20. The van der Waals surface area contributed by atoms with Crippen LogP contribution in [0.3, 0.4) is 0 Å². The van der Waals surface area contributed by atoms with Gasteiger partial charge in [-0.3, -0.25) is 0 Å². The highest BCUT2D eigenvalue weighted by Gasteiger charge is 2.14. The molecule has 1 aliphatic carbocycles. The number of aromatic nitrogens is 1. The van der Waals surface area contributed by atoms with Crippen LogP contribution in [0.15, 0.2) is 36.5 Å². The number of nitrogens with zero attached hydrogens (tertiary/aromatic N) is 1. The van der Waals surface area contributed by atoms with Crippen molar-refractivity contribution in [3.05, 3.63) is 58.9 Å². The predicted octanol–water partition coefficient (Wildman–Crippen LogP) is 3.20. The van der Waals surface area contributed by atoms with E-state index in [-0.39, 0.29) is 5.97 Å². The van der Waals surface area contributed by atoms with Gasteiger partial charge in [0.1, 0.15) is 5.69 Å². The maximum absolute atomic E-state index is 11.9. The Labute approximate surface area is 119 Å². The Morgan fingerprint density at radius 3 is 2.95 bits per heavy atom. The number of carbonyl (C=O) groups excluding carboxylic acids is 1. The van der Waals surface area contributed by atoms with Gasteiger partial charge in [0.15, 0.2) is 0 Å². The Hall–Kier alpha value is -2.03. The number of esters is 1. The Morgan fingerprint density at radius 2 is 2.10 bits per heavy atom. The summed E-state index contributed by atoms with van der Waals surface area (Å²) in [5.74, 6) is -0.251. The second-order valence-corrected chi connectivity index (χ2v) is 5.20. The van der Waals surface area contributed by atoms with E-state index < -0.39 is 0 Å². The van der Waals surface area contributed by atoms with Gasteiger partial charge < -0.3 is 9.30 Å². The molecule has 104 valence electrons. The summed E-state index contributed by atoms with van der Waals surface area (Å²) in [4.78, 5) is 11.9. The predicted molar refractivity (Wildman–Crippen MR) is 78.0 cm³/mol. The molecule has 0 amide bonds. The van der Waals surface area contributed by atoms with E-state index in [1.54, 1.807) is 0 Å². The third-order valence-electron chi connectivity index (χ3n) is 3.83. The Kier molecular flexibility index (Phi) is 3.59. The van der Waals surface area contributed by atoms with E-state index >= 15 is 0 Å². The topological polar surface area (TPSA) is 31.2 Å². The van der Waals surface area contributed by atoms with Crippen LogP contribution >= 0.6 is 0 Å². The van der Waals surface area contributed by atoms with Gasteiger partial charge in [-0.2, -0.15) is 0 Å². The molecular formula is C17H19NO2. The number of carbonyl (C=O) groups is 1. The molecule has 0 atom stereocenters. The molecule has 0 unspecified atom stereocenters. The van der Waals surface area contributed by atoms with E-state index in [1.165, 1.54) is 36.0 Å². The molecule has 1 heterocycles. The molecule has 0 N–H and O–H groups in total. The third-order valence-corrected chi connectivity index (χ3v) is 3.83. The Balaban J connectivity index is 1.81. The lowest BCUT2D eigenvalue weighted by Gasteiger charge is -2.10. The minimum Gasteiger partial charge on any atom is -0.461 e. The molecule has 2 aromatic rings. The fourth-order valence-corrected chi connectivity index (χ4v) is 2.86. The SMILES string of the molecule is CCOC(=O)c1cccn1Cc1ccc2c(c1)CCC2. The van der Waals surface area contributed by atoms with Crippen LogP contribution in [0.1, 0.15) is 40.5 Å². The summed E-state index contributed by atoms with van der Waals surface area (Å²) in [5, 5.41) is 0. The van der Waals surface area contributed by atoms with Crippen molar-refractivity contribution in [1.29, 1.82) is 0 Å². The summed E-state index contributed by atoms with van der Waals surface area (Å²) in [6.45, 7) is 2.95. The summed E-state index contributed by atoms with van der Waals surface area (Å²) < 4.78 is 7.03. The number of rotatable bonds is 4. The van der Waals surface area contributed by atoms with Gasteiger partial charge in [0.05, 0.1) is 6.61 Å². The summed E-state index contributed by atoms with van der Waals surface area (Å²) in [5.41, 5.74) is 4.80. The van der Waals surface area contributed by atoms with Crippen molar-refractivity contribution in [2.24, 2.45) is 0 Å². The molecule has 1 aliphatic rings. The summed E-state index contributed by atoms with van der Waals surface area (Å²) in [7, 11) is 0. The standard InChI is InChI=1S/C17H19NO2/c1-2-20-17(19)16-7-4-10-18(16)12-13-8-9-14-5-3-6-15(14)11-13/h4,7-11H,2-3,5-6,12H2,1H3. The molecule has 3 heteroatoms. The fourth-order valence-electron chi connectivity index (χ4n) is 2.86. The van der Waals surface area contributed by atoms with E-state index in [0.717, 1.165) is 0 Å². The molecule has 0 radical (unpaired) electrons. The highest BCUT2D eigenvalue weighted by atomic mass is 16.5. The molecular weight excluding hydrogens is 250 g/mol. The van der Waals surface area contributed by atoms with Crippen molar-refractivity contribution in [3.8, 4) is 0 Å². The van der Waals surface area contributed by atoms with Crippen LogP contribution in [-0.2, 0) is 24.1 Å². The molecule has 0 aliphatic heterocycles. The van der Waals surface area contributed by atoms with E-state index in [4.69, 9.17) is 4.74 Å². The van der Waals surface area contributed by atoms with Crippen LogP contribution in [0.25, 0.3) is 0 Å². The van der Waals surface area contributed by atoms with Crippen molar-refractivity contribution in [2.75, 3.05) is 6.61 Å². The lowest BCUT2D eigenvalue weighted by Crippen LogP contribution is -2.12. The highest BCUT2D eigenvalue weighted by molar-refractivity contribution is 5.87. The Bertz CT molecular complexity index is 628. The lowest BCUT2D eigenvalue weighted by atomic mass is 10.1. The monoisotopic (exact) mass is 269 g/mol. The van der Waals surface area contributed by atoms with E-state index in [9.17, 15) is 4.79 Å². The van der Waals surface area contributed by atoms with Gasteiger partial charge in [0.2, 0.25) is 0 Å². The van der Waals surface area contributed by atoms with Crippen LogP contribution in [0.4, 0.5) is 0 Å². The van der Waals surface area contributed by atoms with Gasteiger partial charge in [0, 0.05) is 12.7 Å². The van der Waals surface area contributed by atoms with Crippen LogP contribution < -0.4 is 0 Å². The second kappa shape index (κ2) is 5.53. The maximum Gasteiger partial charge on any atom is 0.354 e. The molecule has 0 saturated heterocycles. The number of benzene rings is 1. The van der Waals surface area contributed by atoms with Gasteiger partial charge in [-0.05, 0) is 55.0 Å². The third kappa shape index (κ3) is 2.48. The average Bonchev–Trinajstić information content (AvgIpc) is 3.07. The summed E-state index contributed by atoms with van der Waals surface area (Å²) in [6, 6.07) is 10.4.